The summed E-state index contributed by atoms with van der Waals surface area (Å²) in [6.07, 6.45) is 0.895. The van der Waals surface area contributed by atoms with Gasteiger partial charge in [-0.25, -0.2) is 4.79 Å². The van der Waals surface area contributed by atoms with Crippen LogP contribution in [0.2, 0.25) is 0 Å². The number of hydrogen-bond acceptors (Lipinski definition) is 4. The second-order valence-corrected chi connectivity index (χ2v) is 8.68. The van der Waals surface area contributed by atoms with Crippen LogP contribution in [-0.2, 0) is 20.1 Å². The number of rotatable bonds is 3. The maximum Gasteiger partial charge on any atom is 0.332 e. The van der Waals surface area contributed by atoms with Crippen LogP contribution in [0.15, 0.2) is 52.1 Å². The molecule has 0 aliphatic carbocycles. The van der Waals surface area contributed by atoms with Crippen molar-refractivity contribution < 1.29 is 0 Å². The summed E-state index contributed by atoms with van der Waals surface area (Å²) in [5.74, 6) is 0.723. The predicted molar refractivity (Wildman–Crippen MR) is 127 cm³/mol. The van der Waals surface area contributed by atoms with E-state index in [4.69, 9.17) is 4.98 Å². The summed E-state index contributed by atoms with van der Waals surface area (Å²) in [5, 5.41) is 0. The van der Waals surface area contributed by atoms with E-state index in [0.29, 0.717) is 17.7 Å². The van der Waals surface area contributed by atoms with Gasteiger partial charge in [0.2, 0.25) is 5.95 Å². The Balaban J connectivity index is 1.72. The Hall–Kier alpha value is -3.61. The molecule has 5 rings (SSSR count). The topological polar surface area (TPSA) is 65.1 Å². The minimum absolute atomic E-state index is 0.240. The average Bonchev–Trinajstić information content (AvgIpc) is 3.17. The van der Waals surface area contributed by atoms with Crippen LogP contribution in [0.4, 0.5) is 11.6 Å². The molecule has 3 heterocycles. The number of imidazole rings is 1. The molecule has 0 fully saturated rings. The Kier molecular flexibility index (Phi) is 4.77. The SMILES string of the molecule is Cc1cccc(Cn2c(=O)c3c(nc4n3CCCN4c3cccc(C)c3C)n(C)c2=O)c1. The van der Waals surface area contributed by atoms with Crippen LogP contribution in [0.25, 0.3) is 11.2 Å². The summed E-state index contributed by atoms with van der Waals surface area (Å²) in [6, 6.07) is 14.1. The van der Waals surface area contributed by atoms with Crippen LogP contribution < -0.4 is 16.1 Å². The standard InChI is InChI=1S/C25H27N5O2/c1-16-8-5-10-19(14-16)15-30-23(31)21-22(27(4)25(30)32)26-24-28(12-7-13-29(21)24)20-11-6-9-17(2)18(20)3/h5-6,8-11,14H,7,12-13,15H2,1-4H3. The molecule has 0 bridgehead atoms. The van der Waals surface area contributed by atoms with E-state index < -0.39 is 0 Å². The number of aryl methyl sites for hydroxylation is 4. The maximum absolute atomic E-state index is 13.6. The van der Waals surface area contributed by atoms with Crippen molar-refractivity contribution in [2.24, 2.45) is 7.05 Å². The third-order valence-electron chi connectivity index (χ3n) is 6.51. The molecular weight excluding hydrogens is 402 g/mol. The summed E-state index contributed by atoms with van der Waals surface area (Å²) in [6.45, 7) is 7.97. The van der Waals surface area contributed by atoms with Crippen molar-refractivity contribution in [1.29, 1.82) is 0 Å². The molecule has 7 heteroatoms. The number of anilines is 2. The molecule has 0 atom stereocenters. The molecule has 0 radical (unpaired) electrons. The molecule has 4 aromatic rings. The van der Waals surface area contributed by atoms with Gasteiger partial charge >= 0.3 is 5.69 Å². The van der Waals surface area contributed by atoms with Crippen LogP contribution in [0, 0.1) is 20.8 Å². The van der Waals surface area contributed by atoms with Gasteiger partial charge < -0.3 is 9.47 Å². The normalized spacial score (nSPS) is 13.6. The molecule has 2 aromatic carbocycles. The van der Waals surface area contributed by atoms with Crippen molar-refractivity contribution in [2.45, 2.75) is 40.3 Å². The fraction of sp³-hybridized carbons (Fsp3) is 0.320. The van der Waals surface area contributed by atoms with Crippen molar-refractivity contribution >= 4 is 22.8 Å². The molecule has 0 N–H and O–H groups in total. The number of hydrogen-bond donors (Lipinski definition) is 0. The molecule has 0 spiro atoms. The van der Waals surface area contributed by atoms with Crippen LogP contribution in [-0.4, -0.2) is 25.2 Å². The lowest BCUT2D eigenvalue weighted by molar-refractivity contribution is 0.597. The highest BCUT2D eigenvalue weighted by Gasteiger charge is 2.27. The zero-order valence-electron chi connectivity index (χ0n) is 18.9. The number of fused-ring (bicyclic) bond motifs is 3. The van der Waals surface area contributed by atoms with Gasteiger partial charge in [-0.15, -0.1) is 0 Å². The van der Waals surface area contributed by atoms with Gasteiger partial charge in [0.15, 0.2) is 11.2 Å². The minimum atomic E-state index is -0.349. The van der Waals surface area contributed by atoms with E-state index in [9.17, 15) is 9.59 Å². The molecular formula is C25H27N5O2. The molecule has 7 nitrogen and oxygen atoms in total. The lowest BCUT2D eigenvalue weighted by atomic mass is 10.1. The lowest BCUT2D eigenvalue weighted by Gasteiger charge is -2.30. The van der Waals surface area contributed by atoms with Crippen LogP contribution in [0.3, 0.4) is 0 Å². The average molecular weight is 430 g/mol. The summed E-state index contributed by atoms with van der Waals surface area (Å²) in [7, 11) is 1.69. The second kappa shape index (κ2) is 7.51. The van der Waals surface area contributed by atoms with E-state index in [1.165, 1.54) is 20.3 Å². The largest absolute Gasteiger partial charge is 0.332 e. The molecule has 2 aromatic heterocycles. The third kappa shape index (κ3) is 3.07. The maximum atomic E-state index is 13.6. The highest BCUT2D eigenvalue weighted by Crippen LogP contribution is 2.33. The number of aromatic nitrogens is 4. The summed E-state index contributed by atoms with van der Waals surface area (Å²) in [5.41, 5.74) is 5.81. The van der Waals surface area contributed by atoms with Crippen molar-refractivity contribution in [3.05, 3.63) is 85.6 Å². The zero-order valence-corrected chi connectivity index (χ0v) is 18.9. The fourth-order valence-electron chi connectivity index (χ4n) is 4.65. The Morgan fingerprint density at radius 3 is 2.56 bits per heavy atom. The Labute approximate surface area is 186 Å². The summed E-state index contributed by atoms with van der Waals surface area (Å²) >= 11 is 0. The molecule has 0 saturated carbocycles. The fourth-order valence-corrected chi connectivity index (χ4v) is 4.65. The van der Waals surface area contributed by atoms with Crippen molar-refractivity contribution in [3.8, 4) is 0 Å². The molecule has 164 valence electrons. The van der Waals surface area contributed by atoms with Gasteiger partial charge in [-0.05, 0) is 49.9 Å². The Bertz CT molecular complexity index is 1470. The molecule has 1 aliphatic heterocycles. The minimum Gasteiger partial charge on any atom is -0.312 e. The first-order valence-corrected chi connectivity index (χ1v) is 11.0. The number of benzene rings is 2. The van der Waals surface area contributed by atoms with Gasteiger partial charge in [-0.2, -0.15) is 4.98 Å². The highest BCUT2D eigenvalue weighted by atomic mass is 16.2. The van der Waals surface area contributed by atoms with Gasteiger partial charge in [0.25, 0.3) is 5.56 Å². The molecule has 1 aliphatic rings. The van der Waals surface area contributed by atoms with Crippen LogP contribution >= 0.6 is 0 Å². The van der Waals surface area contributed by atoms with Crippen LogP contribution in [0.5, 0.6) is 0 Å². The predicted octanol–water partition coefficient (Wildman–Crippen LogP) is 3.41. The quantitative estimate of drug-likeness (QED) is 0.501. The van der Waals surface area contributed by atoms with Gasteiger partial charge in [0.1, 0.15) is 0 Å². The van der Waals surface area contributed by atoms with Gasteiger partial charge in [0.05, 0.1) is 6.54 Å². The molecule has 0 amide bonds. The molecule has 32 heavy (non-hydrogen) atoms. The monoisotopic (exact) mass is 429 g/mol. The first kappa shape index (κ1) is 20.3. The first-order chi connectivity index (χ1) is 15.4. The Morgan fingerprint density at radius 2 is 1.78 bits per heavy atom. The van der Waals surface area contributed by atoms with E-state index in [1.54, 1.807) is 7.05 Å². The van der Waals surface area contributed by atoms with E-state index in [1.807, 2.05) is 41.8 Å². The van der Waals surface area contributed by atoms with Gasteiger partial charge in [0, 0.05) is 25.8 Å². The smallest absolute Gasteiger partial charge is 0.312 e. The van der Waals surface area contributed by atoms with E-state index in [0.717, 1.165) is 35.7 Å². The molecule has 0 unspecified atom stereocenters. The third-order valence-corrected chi connectivity index (χ3v) is 6.51. The Morgan fingerprint density at radius 1 is 1.00 bits per heavy atom. The van der Waals surface area contributed by atoms with Crippen molar-refractivity contribution in [1.82, 2.24) is 18.7 Å². The molecule has 0 saturated heterocycles. The van der Waals surface area contributed by atoms with E-state index in [2.05, 4.69) is 30.9 Å². The highest BCUT2D eigenvalue weighted by molar-refractivity contribution is 5.77. The lowest BCUT2D eigenvalue weighted by Crippen LogP contribution is -2.40. The first-order valence-electron chi connectivity index (χ1n) is 11.0. The number of nitrogens with zero attached hydrogens (tertiary/aromatic N) is 5. The summed E-state index contributed by atoms with van der Waals surface area (Å²) in [4.78, 5) is 33.6. The van der Waals surface area contributed by atoms with E-state index in [-0.39, 0.29) is 17.8 Å². The van der Waals surface area contributed by atoms with Crippen LogP contribution in [0.1, 0.15) is 28.7 Å². The van der Waals surface area contributed by atoms with Gasteiger partial charge in [-0.1, -0.05) is 42.0 Å². The van der Waals surface area contributed by atoms with E-state index >= 15 is 0 Å². The van der Waals surface area contributed by atoms with Crippen molar-refractivity contribution in [3.63, 3.8) is 0 Å². The zero-order chi connectivity index (χ0) is 22.6. The summed E-state index contributed by atoms with van der Waals surface area (Å²) < 4.78 is 4.80. The second-order valence-electron chi connectivity index (χ2n) is 8.68. The van der Waals surface area contributed by atoms with Crippen molar-refractivity contribution in [2.75, 3.05) is 11.4 Å². The van der Waals surface area contributed by atoms with Gasteiger partial charge in [-0.3, -0.25) is 13.9 Å².